The molecule has 0 atom stereocenters. The molecule has 0 N–H and O–H groups in total. The van der Waals surface area contributed by atoms with Crippen LogP contribution in [0.2, 0.25) is 5.15 Å². The fourth-order valence-electron chi connectivity index (χ4n) is 1.60. The highest BCUT2D eigenvalue weighted by Gasteiger charge is 2.09. The number of halogens is 1. The second kappa shape index (κ2) is 5.40. The van der Waals surface area contributed by atoms with E-state index in [9.17, 15) is 0 Å². The second-order valence-electron chi connectivity index (χ2n) is 4.69. The van der Waals surface area contributed by atoms with E-state index in [1.807, 2.05) is 6.92 Å². The highest BCUT2D eigenvalue weighted by Crippen LogP contribution is 2.16. The second-order valence-corrected chi connectivity index (χ2v) is 5.07. The van der Waals surface area contributed by atoms with Crippen molar-refractivity contribution in [3.8, 4) is 11.6 Å². The molecule has 2 rings (SSSR count). The number of aromatic nitrogens is 4. The van der Waals surface area contributed by atoms with Crippen LogP contribution >= 0.6 is 11.6 Å². The van der Waals surface area contributed by atoms with Crippen LogP contribution in [0.1, 0.15) is 25.1 Å². The van der Waals surface area contributed by atoms with Crippen molar-refractivity contribution in [2.75, 3.05) is 0 Å². The van der Waals surface area contributed by atoms with Gasteiger partial charge in [0.05, 0.1) is 0 Å². The minimum atomic E-state index is 0.430. The Hall–Kier alpha value is -1.55. The lowest BCUT2D eigenvalue weighted by molar-refractivity contribution is 0.634. The van der Waals surface area contributed by atoms with Crippen molar-refractivity contribution >= 4 is 11.6 Å². The van der Waals surface area contributed by atoms with Gasteiger partial charge in [-0.1, -0.05) is 25.4 Å². The maximum absolute atomic E-state index is 6.01. The van der Waals surface area contributed by atoms with Gasteiger partial charge in [0.1, 0.15) is 5.15 Å². The Morgan fingerprint density at radius 3 is 2.39 bits per heavy atom. The van der Waals surface area contributed by atoms with Crippen LogP contribution in [0.25, 0.3) is 11.6 Å². The summed E-state index contributed by atoms with van der Waals surface area (Å²) in [5, 5.41) is 0.430. The highest BCUT2D eigenvalue weighted by atomic mass is 35.5. The van der Waals surface area contributed by atoms with Gasteiger partial charge in [0.2, 0.25) is 0 Å². The average molecular weight is 263 g/mol. The molecule has 94 valence electrons. The first-order valence-corrected chi connectivity index (χ1v) is 6.25. The van der Waals surface area contributed by atoms with Gasteiger partial charge in [-0.05, 0) is 30.9 Å². The van der Waals surface area contributed by atoms with Gasteiger partial charge >= 0.3 is 0 Å². The molecule has 2 aromatic rings. The van der Waals surface area contributed by atoms with Gasteiger partial charge in [-0.15, -0.1) is 0 Å². The molecule has 0 aliphatic heterocycles. The van der Waals surface area contributed by atoms with Gasteiger partial charge in [0.25, 0.3) is 0 Å². The normalized spacial score (nSPS) is 10.9. The third kappa shape index (κ3) is 3.23. The average Bonchev–Trinajstić information content (AvgIpc) is 2.28. The van der Waals surface area contributed by atoms with Crippen LogP contribution in [0.5, 0.6) is 0 Å². The summed E-state index contributed by atoms with van der Waals surface area (Å²) < 4.78 is 0. The summed E-state index contributed by atoms with van der Waals surface area (Å²) in [6.07, 6.45) is 4.35. The minimum Gasteiger partial charge on any atom is -0.234 e. The van der Waals surface area contributed by atoms with Gasteiger partial charge in [-0.3, -0.25) is 0 Å². The van der Waals surface area contributed by atoms with E-state index in [0.29, 0.717) is 22.7 Å². The summed E-state index contributed by atoms with van der Waals surface area (Å²) in [7, 11) is 0. The monoisotopic (exact) mass is 262 g/mol. The molecular formula is C13H15ClN4. The van der Waals surface area contributed by atoms with Crippen molar-refractivity contribution < 1.29 is 0 Å². The van der Waals surface area contributed by atoms with Crippen molar-refractivity contribution in [1.29, 1.82) is 0 Å². The predicted octanol–water partition coefficient (Wildman–Crippen LogP) is 3.09. The van der Waals surface area contributed by atoms with Crippen LogP contribution in [0.4, 0.5) is 0 Å². The van der Waals surface area contributed by atoms with Gasteiger partial charge in [-0.2, -0.15) is 0 Å². The van der Waals surface area contributed by atoms with E-state index in [0.717, 1.165) is 17.7 Å². The lowest BCUT2D eigenvalue weighted by Gasteiger charge is -2.06. The number of aryl methyl sites for hydroxylation is 1. The quantitative estimate of drug-likeness (QED) is 0.798. The summed E-state index contributed by atoms with van der Waals surface area (Å²) >= 11 is 6.01. The largest absolute Gasteiger partial charge is 0.234 e. The van der Waals surface area contributed by atoms with E-state index in [1.54, 1.807) is 18.5 Å². The van der Waals surface area contributed by atoms with Crippen LogP contribution in [0, 0.1) is 12.8 Å². The summed E-state index contributed by atoms with van der Waals surface area (Å²) in [6, 6.07) is 1.79. The molecular weight excluding hydrogens is 248 g/mol. The third-order valence-electron chi connectivity index (χ3n) is 2.35. The Bertz CT molecular complexity index is 537. The summed E-state index contributed by atoms with van der Waals surface area (Å²) in [4.78, 5) is 17.1. The smallest absolute Gasteiger partial charge is 0.199 e. The van der Waals surface area contributed by atoms with Crippen LogP contribution in [0.3, 0.4) is 0 Å². The summed E-state index contributed by atoms with van der Waals surface area (Å²) in [6.45, 7) is 6.21. The fourth-order valence-corrected chi connectivity index (χ4v) is 1.80. The van der Waals surface area contributed by atoms with E-state index < -0.39 is 0 Å². The van der Waals surface area contributed by atoms with E-state index >= 15 is 0 Å². The standard InChI is InChI=1S/C13H15ClN4/c1-8(2)4-10-5-11(14)18-13(17-10)12-15-6-9(3)7-16-12/h5-8H,4H2,1-3H3. The molecule has 0 radical (unpaired) electrons. The first kappa shape index (κ1) is 12.9. The molecule has 0 bridgehead atoms. The number of hydrogen-bond donors (Lipinski definition) is 0. The lowest BCUT2D eigenvalue weighted by Crippen LogP contribution is -2.02. The van der Waals surface area contributed by atoms with Crippen LogP contribution in [-0.2, 0) is 6.42 Å². The molecule has 0 saturated carbocycles. The molecule has 0 aromatic carbocycles. The maximum atomic E-state index is 6.01. The van der Waals surface area contributed by atoms with Crippen molar-refractivity contribution in [3.63, 3.8) is 0 Å². The molecule has 2 aromatic heterocycles. The Kier molecular flexibility index (Phi) is 3.87. The molecule has 0 aliphatic rings. The molecule has 4 nitrogen and oxygen atoms in total. The van der Waals surface area contributed by atoms with E-state index in [-0.39, 0.29) is 0 Å². The molecule has 2 heterocycles. The SMILES string of the molecule is Cc1cnc(-c2nc(Cl)cc(CC(C)C)n2)nc1. The molecule has 0 aliphatic carbocycles. The van der Waals surface area contributed by atoms with Crippen molar-refractivity contribution in [2.24, 2.45) is 5.92 Å². The summed E-state index contributed by atoms with van der Waals surface area (Å²) in [5.41, 5.74) is 1.92. The van der Waals surface area contributed by atoms with Crippen LogP contribution < -0.4 is 0 Å². The topological polar surface area (TPSA) is 51.6 Å². The van der Waals surface area contributed by atoms with Gasteiger partial charge in [0.15, 0.2) is 11.6 Å². The van der Waals surface area contributed by atoms with E-state index in [4.69, 9.17) is 11.6 Å². The zero-order chi connectivity index (χ0) is 13.1. The fraction of sp³-hybridized carbons (Fsp3) is 0.385. The van der Waals surface area contributed by atoms with Crippen molar-refractivity contribution in [1.82, 2.24) is 19.9 Å². The number of nitrogens with zero attached hydrogens (tertiary/aromatic N) is 4. The third-order valence-corrected chi connectivity index (χ3v) is 2.54. The molecule has 0 fully saturated rings. The van der Waals surface area contributed by atoms with Gasteiger partial charge in [0, 0.05) is 18.1 Å². The molecule has 0 spiro atoms. The van der Waals surface area contributed by atoms with Crippen LogP contribution in [-0.4, -0.2) is 19.9 Å². The number of rotatable bonds is 3. The molecule has 5 heteroatoms. The van der Waals surface area contributed by atoms with Gasteiger partial charge < -0.3 is 0 Å². The van der Waals surface area contributed by atoms with Crippen LogP contribution in [0.15, 0.2) is 18.5 Å². The molecule has 0 unspecified atom stereocenters. The Morgan fingerprint density at radius 2 is 1.78 bits per heavy atom. The molecule has 18 heavy (non-hydrogen) atoms. The lowest BCUT2D eigenvalue weighted by atomic mass is 10.1. The maximum Gasteiger partial charge on any atom is 0.199 e. The van der Waals surface area contributed by atoms with E-state index in [2.05, 4.69) is 33.8 Å². The zero-order valence-electron chi connectivity index (χ0n) is 10.7. The van der Waals surface area contributed by atoms with Gasteiger partial charge in [-0.25, -0.2) is 19.9 Å². The predicted molar refractivity (Wildman–Crippen MR) is 71.3 cm³/mol. The van der Waals surface area contributed by atoms with E-state index in [1.165, 1.54) is 0 Å². The highest BCUT2D eigenvalue weighted by molar-refractivity contribution is 6.29. The minimum absolute atomic E-state index is 0.430. The Balaban J connectivity index is 2.38. The number of hydrogen-bond acceptors (Lipinski definition) is 4. The molecule has 0 saturated heterocycles. The van der Waals surface area contributed by atoms with Crippen molar-refractivity contribution in [3.05, 3.63) is 34.9 Å². The zero-order valence-corrected chi connectivity index (χ0v) is 11.4. The molecule has 0 amide bonds. The first-order chi connectivity index (χ1) is 8.54. The Labute approximate surface area is 111 Å². The summed E-state index contributed by atoms with van der Waals surface area (Å²) in [5.74, 6) is 1.51. The first-order valence-electron chi connectivity index (χ1n) is 5.87. The Morgan fingerprint density at radius 1 is 1.11 bits per heavy atom. The van der Waals surface area contributed by atoms with Crippen molar-refractivity contribution in [2.45, 2.75) is 27.2 Å².